The highest BCUT2D eigenvalue weighted by Crippen LogP contribution is 2.24. The Balaban J connectivity index is 2.16. The van der Waals surface area contributed by atoms with Gasteiger partial charge in [-0.25, -0.2) is 4.98 Å². The van der Waals surface area contributed by atoms with Gasteiger partial charge in [0.25, 0.3) is 0 Å². The quantitative estimate of drug-likeness (QED) is 0.933. The number of ether oxygens (including phenoxy) is 1. The Morgan fingerprint density at radius 3 is 2.52 bits per heavy atom. The minimum atomic E-state index is -0.241. The van der Waals surface area contributed by atoms with Crippen LogP contribution >= 0.6 is 0 Å². The summed E-state index contributed by atoms with van der Waals surface area (Å²) in [4.78, 5) is 4.16. The lowest BCUT2D eigenvalue weighted by molar-refractivity contribution is 0.460. The van der Waals surface area contributed by atoms with E-state index in [2.05, 4.69) is 11.1 Å². The van der Waals surface area contributed by atoms with Crippen LogP contribution in [0.1, 0.15) is 30.5 Å². The number of rotatable bonds is 4. The molecule has 0 atom stereocenters. The number of nitrogens with two attached hydrogens (primary N) is 1. The standard InChI is InChI=1S/C17H19N3O/c1-12-8-14(10-18)16(20-11-12)21-15-6-4-13(5-7-15)9-17(2,3)19/h4-8,11H,9,19H2,1-3H3. The van der Waals surface area contributed by atoms with Crippen LogP contribution in [0.3, 0.4) is 0 Å². The minimum Gasteiger partial charge on any atom is -0.438 e. The van der Waals surface area contributed by atoms with Crippen molar-refractivity contribution in [3.63, 3.8) is 0 Å². The van der Waals surface area contributed by atoms with Crippen molar-refractivity contribution in [2.24, 2.45) is 5.73 Å². The molecule has 0 aliphatic heterocycles. The summed E-state index contributed by atoms with van der Waals surface area (Å²) in [5.74, 6) is 0.983. The van der Waals surface area contributed by atoms with E-state index in [0.29, 0.717) is 17.2 Å². The van der Waals surface area contributed by atoms with Gasteiger partial charge in [0.15, 0.2) is 0 Å². The van der Waals surface area contributed by atoms with E-state index in [-0.39, 0.29) is 5.54 Å². The SMILES string of the molecule is Cc1cnc(Oc2ccc(CC(C)(C)N)cc2)c(C#N)c1. The van der Waals surface area contributed by atoms with E-state index in [1.54, 1.807) is 12.3 Å². The molecular weight excluding hydrogens is 262 g/mol. The molecule has 0 fully saturated rings. The van der Waals surface area contributed by atoms with Crippen LogP contribution in [0.25, 0.3) is 0 Å². The topological polar surface area (TPSA) is 71.9 Å². The van der Waals surface area contributed by atoms with Gasteiger partial charge in [0.05, 0.1) is 0 Å². The molecule has 0 aliphatic rings. The molecule has 2 aromatic rings. The van der Waals surface area contributed by atoms with Crippen LogP contribution in [-0.4, -0.2) is 10.5 Å². The monoisotopic (exact) mass is 281 g/mol. The van der Waals surface area contributed by atoms with Crippen molar-refractivity contribution >= 4 is 0 Å². The van der Waals surface area contributed by atoms with E-state index in [0.717, 1.165) is 17.5 Å². The van der Waals surface area contributed by atoms with E-state index < -0.39 is 0 Å². The van der Waals surface area contributed by atoms with Crippen LogP contribution in [0.2, 0.25) is 0 Å². The molecule has 2 rings (SSSR count). The molecule has 1 heterocycles. The number of benzene rings is 1. The summed E-state index contributed by atoms with van der Waals surface area (Å²) in [6.45, 7) is 5.88. The van der Waals surface area contributed by atoms with Crippen molar-refractivity contribution in [2.45, 2.75) is 32.7 Å². The van der Waals surface area contributed by atoms with Crippen LogP contribution in [-0.2, 0) is 6.42 Å². The second kappa shape index (κ2) is 5.94. The van der Waals surface area contributed by atoms with Crippen molar-refractivity contribution in [3.8, 4) is 17.7 Å². The smallest absolute Gasteiger partial charge is 0.237 e. The maximum atomic E-state index is 9.11. The fourth-order valence-corrected chi connectivity index (χ4v) is 2.03. The molecule has 4 heteroatoms. The van der Waals surface area contributed by atoms with Crippen LogP contribution in [0.4, 0.5) is 0 Å². The lowest BCUT2D eigenvalue weighted by atomic mass is 9.96. The molecule has 0 spiro atoms. The number of aromatic nitrogens is 1. The molecule has 1 aromatic heterocycles. The summed E-state index contributed by atoms with van der Waals surface area (Å²) in [5, 5.41) is 9.11. The summed E-state index contributed by atoms with van der Waals surface area (Å²) >= 11 is 0. The summed E-state index contributed by atoms with van der Waals surface area (Å²) in [7, 11) is 0. The largest absolute Gasteiger partial charge is 0.438 e. The van der Waals surface area contributed by atoms with Crippen LogP contribution < -0.4 is 10.5 Å². The van der Waals surface area contributed by atoms with Crippen LogP contribution in [0.5, 0.6) is 11.6 Å². The normalized spacial score (nSPS) is 11.0. The maximum absolute atomic E-state index is 9.11. The third kappa shape index (κ3) is 4.30. The molecule has 1 aromatic carbocycles. The number of aryl methyl sites for hydroxylation is 1. The Morgan fingerprint density at radius 2 is 1.95 bits per heavy atom. The van der Waals surface area contributed by atoms with Crippen molar-refractivity contribution in [2.75, 3.05) is 0 Å². The van der Waals surface area contributed by atoms with Gasteiger partial charge in [0.2, 0.25) is 5.88 Å². The Labute approximate surface area is 125 Å². The molecule has 4 nitrogen and oxygen atoms in total. The first-order valence-electron chi connectivity index (χ1n) is 6.80. The van der Waals surface area contributed by atoms with Gasteiger partial charge in [0, 0.05) is 11.7 Å². The number of hydrogen-bond acceptors (Lipinski definition) is 4. The summed E-state index contributed by atoms with van der Waals surface area (Å²) in [6, 6.07) is 11.5. The molecule has 108 valence electrons. The predicted octanol–water partition coefficient (Wildman–Crippen LogP) is 3.33. The Kier molecular flexibility index (Phi) is 4.25. The van der Waals surface area contributed by atoms with E-state index in [1.807, 2.05) is 45.0 Å². The zero-order valence-electron chi connectivity index (χ0n) is 12.6. The van der Waals surface area contributed by atoms with E-state index in [9.17, 15) is 0 Å². The Bertz CT molecular complexity index is 664. The van der Waals surface area contributed by atoms with Gasteiger partial charge < -0.3 is 10.5 Å². The van der Waals surface area contributed by atoms with E-state index >= 15 is 0 Å². The molecule has 2 N–H and O–H groups in total. The molecule has 0 bridgehead atoms. The summed E-state index contributed by atoms with van der Waals surface area (Å²) < 4.78 is 5.68. The number of nitrogens with zero attached hydrogens (tertiary/aromatic N) is 2. The zero-order valence-corrected chi connectivity index (χ0v) is 12.6. The second-order valence-electron chi connectivity index (χ2n) is 5.89. The molecule has 0 radical (unpaired) electrons. The van der Waals surface area contributed by atoms with Gasteiger partial charge in [-0.05, 0) is 56.5 Å². The maximum Gasteiger partial charge on any atom is 0.237 e. The van der Waals surface area contributed by atoms with Gasteiger partial charge in [-0.15, -0.1) is 0 Å². The molecule has 21 heavy (non-hydrogen) atoms. The van der Waals surface area contributed by atoms with Crippen LogP contribution in [0.15, 0.2) is 36.5 Å². The highest BCUT2D eigenvalue weighted by molar-refractivity contribution is 5.42. The number of hydrogen-bond donors (Lipinski definition) is 1. The first-order valence-corrected chi connectivity index (χ1v) is 6.80. The molecule has 0 saturated carbocycles. The third-order valence-corrected chi connectivity index (χ3v) is 2.91. The first kappa shape index (κ1) is 15.0. The zero-order chi connectivity index (χ0) is 15.5. The number of nitriles is 1. The fraction of sp³-hybridized carbons (Fsp3) is 0.294. The highest BCUT2D eigenvalue weighted by atomic mass is 16.5. The van der Waals surface area contributed by atoms with Crippen molar-refractivity contribution < 1.29 is 4.74 Å². The Morgan fingerprint density at radius 1 is 1.29 bits per heavy atom. The van der Waals surface area contributed by atoms with Crippen LogP contribution in [0, 0.1) is 18.3 Å². The third-order valence-electron chi connectivity index (χ3n) is 2.91. The van der Waals surface area contributed by atoms with Gasteiger partial charge >= 0.3 is 0 Å². The van der Waals surface area contributed by atoms with E-state index in [1.165, 1.54) is 0 Å². The van der Waals surface area contributed by atoms with Gasteiger partial charge in [-0.1, -0.05) is 12.1 Å². The van der Waals surface area contributed by atoms with Crippen molar-refractivity contribution in [1.82, 2.24) is 4.98 Å². The minimum absolute atomic E-state index is 0.241. The molecule has 0 amide bonds. The average molecular weight is 281 g/mol. The highest BCUT2D eigenvalue weighted by Gasteiger charge is 2.12. The first-order chi connectivity index (χ1) is 9.87. The van der Waals surface area contributed by atoms with E-state index in [4.69, 9.17) is 15.7 Å². The predicted molar refractivity (Wildman–Crippen MR) is 82.2 cm³/mol. The van der Waals surface area contributed by atoms with Gasteiger partial charge in [-0.3, -0.25) is 0 Å². The van der Waals surface area contributed by atoms with Gasteiger partial charge in [0.1, 0.15) is 17.4 Å². The number of pyridine rings is 1. The molecular formula is C17H19N3O. The average Bonchev–Trinajstić information content (AvgIpc) is 2.41. The Hall–Kier alpha value is -2.38. The molecule has 0 saturated heterocycles. The molecule has 0 unspecified atom stereocenters. The molecule has 0 aliphatic carbocycles. The fourth-order valence-electron chi connectivity index (χ4n) is 2.03. The summed E-state index contributed by atoms with van der Waals surface area (Å²) in [6.07, 6.45) is 2.47. The second-order valence-corrected chi connectivity index (χ2v) is 5.89. The van der Waals surface area contributed by atoms with Crippen molar-refractivity contribution in [3.05, 3.63) is 53.2 Å². The lowest BCUT2D eigenvalue weighted by Gasteiger charge is -2.18. The van der Waals surface area contributed by atoms with Crippen molar-refractivity contribution in [1.29, 1.82) is 5.26 Å². The summed E-state index contributed by atoms with van der Waals surface area (Å²) in [5.41, 5.74) is 8.27. The van der Waals surface area contributed by atoms with Gasteiger partial charge in [-0.2, -0.15) is 5.26 Å². The lowest BCUT2D eigenvalue weighted by Crippen LogP contribution is -2.34.